The van der Waals surface area contributed by atoms with E-state index in [2.05, 4.69) is 15.2 Å². The van der Waals surface area contributed by atoms with Crippen molar-refractivity contribution >= 4 is 39.3 Å². The molecule has 0 aliphatic rings. The Kier molecular flexibility index (Phi) is 7.51. The molecule has 35 heavy (non-hydrogen) atoms. The quantitative estimate of drug-likeness (QED) is 0.214. The van der Waals surface area contributed by atoms with Gasteiger partial charge in [0.1, 0.15) is 4.90 Å². The molecule has 0 fully saturated rings. The van der Waals surface area contributed by atoms with Crippen molar-refractivity contribution in [2.24, 2.45) is 5.10 Å². The number of nitro groups is 1. The molecule has 0 spiro atoms. The predicted octanol–water partition coefficient (Wildman–Crippen LogP) is 3.56. The molecule has 0 unspecified atom stereocenters. The normalized spacial score (nSPS) is 11.1. The number of rotatable bonds is 10. The number of hydrogen-bond donors (Lipinski definition) is 3. The highest BCUT2D eigenvalue weighted by Crippen LogP contribution is 2.30. The van der Waals surface area contributed by atoms with E-state index in [1.165, 1.54) is 50.8 Å². The number of nitrogens with zero attached hydrogens (tertiary/aromatic N) is 2. The van der Waals surface area contributed by atoms with Crippen molar-refractivity contribution in [3.63, 3.8) is 0 Å². The summed E-state index contributed by atoms with van der Waals surface area (Å²) >= 11 is 0. The van der Waals surface area contributed by atoms with E-state index in [4.69, 9.17) is 9.47 Å². The van der Waals surface area contributed by atoms with Crippen molar-refractivity contribution in [2.45, 2.75) is 4.90 Å². The Morgan fingerprint density at radius 1 is 1.03 bits per heavy atom. The Morgan fingerprint density at radius 2 is 1.74 bits per heavy atom. The molecule has 3 N–H and O–H groups in total. The summed E-state index contributed by atoms with van der Waals surface area (Å²) in [5.74, 6) is -0.384. The first-order chi connectivity index (χ1) is 16.7. The molecule has 13 heteroatoms. The van der Waals surface area contributed by atoms with Gasteiger partial charge in [-0.15, -0.1) is 0 Å². The molecule has 182 valence electrons. The van der Waals surface area contributed by atoms with Crippen LogP contribution in [0.2, 0.25) is 0 Å². The molecule has 0 heterocycles. The molecule has 0 bridgehead atoms. The number of hydrogen-bond acceptors (Lipinski definition) is 9. The first-order valence-corrected chi connectivity index (χ1v) is 11.3. The maximum Gasteiger partial charge on any atom is 0.337 e. The summed E-state index contributed by atoms with van der Waals surface area (Å²) in [7, 11) is -1.50. The van der Waals surface area contributed by atoms with Crippen molar-refractivity contribution in [1.82, 2.24) is 0 Å². The smallest absolute Gasteiger partial charge is 0.337 e. The van der Waals surface area contributed by atoms with Gasteiger partial charge in [-0.25, -0.2) is 13.2 Å². The van der Waals surface area contributed by atoms with Crippen LogP contribution in [-0.4, -0.2) is 44.9 Å². The zero-order chi connectivity index (χ0) is 25.6. The number of sulfonamides is 1. The fraction of sp³-hybridized carbons (Fsp3) is 0.0909. The number of carboxylic acids is 1. The number of carbonyl (C=O) groups is 1. The van der Waals surface area contributed by atoms with Crippen LogP contribution in [-0.2, 0) is 10.0 Å². The molecule has 0 aliphatic carbocycles. The van der Waals surface area contributed by atoms with Crippen LogP contribution in [0.25, 0.3) is 0 Å². The number of nitro benzene ring substituents is 1. The second-order valence-electron chi connectivity index (χ2n) is 6.88. The van der Waals surface area contributed by atoms with Gasteiger partial charge < -0.3 is 14.6 Å². The van der Waals surface area contributed by atoms with Crippen LogP contribution in [0.4, 0.5) is 17.1 Å². The fourth-order valence-corrected chi connectivity index (χ4v) is 4.26. The molecule has 0 atom stereocenters. The van der Waals surface area contributed by atoms with Gasteiger partial charge in [-0.2, -0.15) is 5.10 Å². The molecule has 3 aromatic carbocycles. The van der Waals surface area contributed by atoms with E-state index in [0.29, 0.717) is 17.1 Å². The number of methoxy groups -OCH3 is 2. The average Bonchev–Trinajstić information content (AvgIpc) is 2.83. The lowest BCUT2D eigenvalue weighted by molar-refractivity contribution is -0.385. The zero-order valence-electron chi connectivity index (χ0n) is 18.5. The average molecular weight is 500 g/mol. The first-order valence-electron chi connectivity index (χ1n) is 9.81. The predicted molar refractivity (Wildman–Crippen MR) is 128 cm³/mol. The Morgan fingerprint density at radius 3 is 2.40 bits per heavy atom. The van der Waals surface area contributed by atoms with Crippen LogP contribution in [0.5, 0.6) is 11.5 Å². The van der Waals surface area contributed by atoms with Gasteiger partial charge in [0.05, 0.1) is 42.3 Å². The number of hydrazone groups is 1. The fourth-order valence-electron chi connectivity index (χ4n) is 3.01. The van der Waals surface area contributed by atoms with Crippen LogP contribution in [0.3, 0.4) is 0 Å². The van der Waals surface area contributed by atoms with E-state index < -0.39 is 31.5 Å². The van der Waals surface area contributed by atoms with Gasteiger partial charge in [0.15, 0.2) is 11.5 Å². The number of para-hydroxylation sites is 1. The van der Waals surface area contributed by atoms with Gasteiger partial charge in [0.25, 0.3) is 15.7 Å². The molecule has 12 nitrogen and oxygen atoms in total. The van der Waals surface area contributed by atoms with Gasteiger partial charge in [-0.05, 0) is 42.0 Å². The lowest BCUT2D eigenvalue weighted by Crippen LogP contribution is -2.17. The van der Waals surface area contributed by atoms with E-state index in [0.717, 1.165) is 12.1 Å². The van der Waals surface area contributed by atoms with Crippen LogP contribution in [0.1, 0.15) is 15.9 Å². The van der Waals surface area contributed by atoms with Crippen molar-refractivity contribution in [2.75, 3.05) is 24.4 Å². The molecule has 3 aromatic rings. The maximum absolute atomic E-state index is 13.1. The maximum atomic E-state index is 13.1. The van der Waals surface area contributed by atoms with E-state index in [1.807, 2.05) is 0 Å². The number of nitrogens with one attached hydrogen (secondary N) is 2. The van der Waals surface area contributed by atoms with Crippen LogP contribution < -0.4 is 19.6 Å². The minimum atomic E-state index is -4.46. The Bertz CT molecular complexity index is 1410. The molecular weight excluding hydrogens is 480 g/mol. The minimum absolute atomic E-state index is 0.0763. The zero-order valence-corrected chi connectivity index (χ0v) is 19.3. The molecule has 0 radical (unpaired) electrons. The second-order valence-corrected chi connectivity index (χ2v) is 8.53. The second kappa shape index (κ2) is 10.5. The number of benzene rings is 3. The number of carboxylic acid groups (broad SMARTS) is 1. The van der Waals surface area contributed by atoms with Crippen molar-refractivity contribution < 1.29 is 32.7 Å². The number of non-ortho nitro benzene ring substituents is 1. The van der Waals surface area contributed by atoms with Crippen molar-refractivity contribution in [3.05, 3.63) is 81.9 Å². The summed E-state index contributed by atoms with van der Waals surface area (Å²) in [5, 5.41) is 24.6. The highest BCUT2D eigenvalue weighted by atomic mass is 32.2. The third kappa shape index (κ3) is 5.83. The van der Waals surface area contributed by atoms with Crippen molar-refractivity contribution in [1.29, 1.82) is 0 Å². The lowest BCUT2D eigenvalue weighted by Gasteiger charge is -2.13. The summed E-state index contributed by atoms with van der Waals surface area (Å²) in [5.41, 5.74) is 2.11. The third-order valence-corrected chi connectivity index (χ3v) is 6.08. The monoisotopic (exact) mass is 500 g/mol. The van der Waals surface area contributed by atoms with Crippen LogP contribution >= 0.6 is 0 Å². The number of aromatic carboxylic acids is 1. The summed E-state index contributed by atoms with van der Waals surface area (Å²) in [4.78, 5) is 21.4. The van der Waals surface area contributed by atoms with E-state index in [-0.39, 0.29) is 16.9 Å². The lowest BCUT2D eigenvalue weighted by atomic mass is 10.2. The Balaban J connectivity index is 1.96. The molecule has 0 aliphatic heterocycles. The molecular formula is C22H20N4O8S. The molecule has 0 saturated carbocycles. The molecule has 0 saturated heterocycles. The van der Waals surface area contributed by atoms with Crippen LogP contribution in [0, 0.1) is 10.1 Å². The Labute approximate surface area is 200 Å². The summed E-state index contributed by atoms with van der Waals surface area (Å²) in [6.07, 6.45) is 1.38. The van der Waals surface area contributed by atoms with Gasteiger partial charge >= 0.3 is 5.97 Å². The SMILES string of the molecule is COc1ccc(/C=N\Nc2ccc([N+](=O)[O-])cc2S(=O)(=O)Nc2ccccc2C(=O)O)cc1OC. The number of ether oxygens (including phenoxy) is 2. The van der Waals surface area contributed by atoms with Gasteiger partial charge in [-0.3, -0.25) is 20.3 Å². The van der Waals surface area contributed by atoms with Gasteiger partial charge in [0.2, 0.25) is 0 Å². The van der Waals surface area contributed by atoms with Crippen LogP contribution in [0.15, 0.2) is 70.7 Å². The highest BCUT2D eigenvalue weighted by molar-refractivity contribution is 7.93. The largest absolute Gasteiger partial charge is 0.493 e. The molecule has 0 aromatic heterocycles. The van der Waals surface area contributed by atoms with E-state index in [1.54, 1.807) is 18.2 Å². The summed E-state index contributed by atoms with van der Waals surface area (Å²) in [6.45, 7) is 0. The third-order valence-electron chi connectivity index (χ3n) is 4.67. The van der Waals surface area contributed by atoms with Gasteiger partial charge in [-0.1, -0.05) is 12.1 Å². The first kappa shape index (κ1) is 25.0. The topological polar surface area (TPSA) is 169 Å². The summed E-state index contributed by atoms with van der Waals surface area (Å²) < 4.78 is 38.8. The van der Waals surface area contributed by atoms with Crippen molar-refractivity contribution in [3.8, 4) is 11.5 Å². The van der Waals surface area contributed by atoms with E-state index in [9.17, 15) is 28.4 Å². The number of anilines is 2. The highest BCUT2D eigenvalue weighted by Gasteiger charge is 2.24. The molecule has 0 amide bonds. The standard InChI is InChI=1S/C22H20N4O8S/c1-33-19-10-7-14(11-20(19)34-2)13-23-24-18-9-8-15(26(29)30)12-21(18)35(31,32)25-17-6-4-3-5-16(17)22(27)28/h3-13,24-25H,1-2H3,(H,27,28)/b23-13-. The summed E-state index contributed by atoms with van der Waals surface area (Å²) in [6, 6.07) is 13.5. The van der Waals surface area contributed by atoms with E-state index >= 15 is 0 Å². The van der Waals surface area contributed by atoms with Gasteiger partial charge in [0, 0.05) is 12.1 Å². The minimum Gasteiger partial charge on any atom is -0.493 e. The Hall–Kier alpha value is -4.65. The molecule has 3 rings (SSSR count).